The number of aryl methyl sites for hydroxylation is 1. The van der Waals surface area contributed by atoms with Crippen molar-refractivity contribution < 1.29 is 120 Å². The minimum Gasteiger partial charge on any atom is -0.495 e. The summed E-state index contributed by atoms with van der Waals surface area (Å²) in [4.78, 5) is 62.5. The largest absolute Gasteiger partial charge is 0.495 e. The maximum absolute atomic E-state index is 15.3. The Morgan fingerprint density at radius 1 is 0.376 bits per heavy atom. The molecule has 0 radical (unpaired) electrons. The number of nitrogens with zero attached hydrogens (tertiary/aromatic N) is 7. The molecule has 8 heterocycles. The van der Waals surface area contributed by atoms with Gasteiger partial charge in [0.25, 0.3) is 22.2 Å². The topological polar surface area (TPSA) is 358 Å². The number of rotatable bonds is 21. The molecule has 1 amide bonds. The van der Waals surface area contributed by atoms with Gasteiger partial charge in [-0.3, -0.25) is 51.6 Å². The summed E-state index contributed by atoms with van der Waals surface area (Å²) in [6.07, 6.45) is 10.1. The Balaban J connectivity index is 0.000000136. The van der Waals surface area contributed by atoms with Gasteiger partial charge in [-0.1, -0.05) is 62.3 Å². The highest BCUT2D eigenvalue weighted by Crippen LogP contribution is 2.45. The fourth-order valence-electron chi connectivity index (χ4n) is 19.0. The molecule has 149 heavy (non-hydrogen) atoms. The lowest BCUT2D eigenvalue weighted by atomic mass is 9.86. The number of pyridine rings is 4. The summed E-state index contributed by atoms with van der Waals surface area (Å²) in [5.41, 5.74) is 5.34. The summed E-state index contributed by atoms with van der Waals surface area (Å²) in [6, 6.07) is 37.3. The fourth-order valence-corrected chi connectivity index (χ4v) is 23.5. The minimum atomic E-state index is -3.88. The van der Waals surface area contributed by atoms with Gasteiger partial charge in [0, 0.05) is 142 Å². The summed E-state index contributed by atoms with van der Waals surface area (Å²) in [5.74, 6) is -9.15. The van der Waals surface area contributed by atoms with E-state index < -0.39 is 140 Å². The van der Waals surface area contributed by atoms with Gasteiger partial charge in [0.2, 0.25) is 20.0 Å². The number of furan rings is 1. The minimum absolute atomic E-state index is 0.00443. The van der Waals surface area contributed by atoms with Crippen LogP contribution in [0.3, 0.4) is 0 Å². The number of aromatic nitrogens is 6. The van der Waals surface area contributed by atoms with Crippen LogP contribution in [0.15, 0.2) is 246 Å². The molecule has 5 aliphatic rings. The molecule has 778 valence electrons. The van der Waals surface area contributed by atoms with E-state index in [9.17, 15) is 84.3 Å². The molecule has 44 heteroatoms. The number of nitrogens with one attached hydrogen (secondary N) is 3. The van der Waals surface area contributed by atoms with Crippen molar-refractivity contribution in [3.05, 3.63) is 369 Å². The Bertz CT molecular complexity index is 8140. The Morgan fingerprint density at radius 2 is 0.758 bits per heavy atom. The van der Waals surface area contributed by atoms with Crippen LogP contribution in [0.25, 0.3) is 67.3 Å². The van der Waals surface area contributed by atoms with Crippen LogP contribution in [-0.4, -0.2) is 116 Å². The maximum atomic E-state index is 15.3. The normalized spacial score (nSPS) is 16.6. The average Bonchev–Trinajstić information content (AvgIpc) is 1.16. The van der Waals surface area contributed by atoms with E-state index in [-0.39, 0.29) is 158 Å². The first-order chi connectivity index (χ1) is 71.0. The molecule has 1 saturated heterocycles. The molecule has 15 aromatic rings. The Kier molecular flexibility index (Phi) is 31.3. The summed E-state index contributed by atoms with van der Waals surface area (Å²) in [5, 5.41) is 5.53. The molecule has 6 unspecified atom stereocenters. The van der Waals surface area contributed by atoms with Crippen molar-refractivity contribution in [1.82, 2.24) is 32.9 Å². The molecular formula is C105H92F12N10O19S3. The first-order valence-corrected chi connectivity index (χ1v) is 50.7. The zero-order valence-corrected chi connectivity index (χ0v) is 82.8. The van der Waals surface area contributed by atoms with E-state index in [4.69, 9.17) is 28.0 Å². The summed E-state index contributed by atoms with van der Waals surface area (Å²) >= 11 is 0. The number of halogens is 12. The van der Waals surface area contributed by atoms with Gasteiger partial charge < -0.3 is 37.1 Å². The van der Waals surface area contributed by atoms with Crippen LogP contribution in [0.4, 0.5) is 74.8 Å². The molecule has 20 rings (SSSR count). The second-order valence-electron chi connectivity index (χ2n) is 35.7. The lowest BCUT2D eigenvalue weighted by molar-refractivity contribution is 0.170. The van der Waals surface area contributed by atoms with Crippen molar-refractivity contribution in [2.24, 2.45) is 11.8 Å². The van der Waals surface area contributed by atoms with Crippen LogP contribution < -0.4 is 55.4 Å². The second-order valence-corrected chi connectivity index (χ2v) is 41.1. The molecule has 3 N–H and O–H groups in total. The number of hydrogen-bond donors (Lipinski definition) is 3. The molecular weight excluding hydrogens is 2030 g/mol. The van der Waals surface area contributed by atoms with Crippen LogP contribution in [0.5, 0.6) is 23.0 Å². The highest BCUT2D eigenvalue weighted by atomic mass is 32.2. The van der Waals surface area contributed by atoms with Crippen LogP contribution in [0, 0.1) is 81.6 Å². The third kappa shape index (κ3) is 23.0. The van der Waals surface area contributed by atoms with Crippen molar-refractivity contribution in [2.45, 2.75) is 114 Å². The van der Waals surface area contributed by atoms with Gasteiger partial charge in [0.15, 0.2) is 11.6 Å². The van der Waals surface area contributed by atoms with E-state index in [0.717, 1.165) is 121 Å². The maximum Gasteiger partial charge on any atom is 0.425 e. The third-order valence-electron chi connectivity index (χ3n) is 26.0. The number of sulfonamides is 2. The number of carbonyl (C=O) groups is 1. The number of benzene rings is 8. The van der Waals surface area contributed by atoms with Gasteiger partial charge in [-0.25, -0.2) is 74.3 Å². The van der Waals surface area contributed by atoms with Crippen LogP contribution in [0.2, 0.25) is 0 Å². The zero-order valence-electron chi connectivity index (χ0n) is 80.3. The molecule has 8 aromatic carbocycles. The lowest BCUT2D eigenvalue weighted by Crippen LogP contribution is -2.41. The van der Waals surface area contributed by atoms with E-state index in [1.54, 1.807) is 26.0 Å². The molecule has 1 aliphatic heterocycles. The molecule has 1 fully saturated rings. The van der Waals surface area contributed by atoms with E-state index in [1.165, 1.54) is 151 Å². The SMILES string of the molecule is COc1cc(-c2cc(F)cc(F)c2)c(F)cc1-n1c2c(ccc1=O)C(C)C(S(=O)(=O)Nc1ccon1)CC2.COc1cc(-c2cc(F)cc(F)c2)c(F)cc1-n1c2c(ccc1=O)C(C)CCC2.COc1cc(-c2cc(F)cc(F)c2)c(F)cc1-n1c2c(ccc1=O)CC(S(=O)(=O)Nc1ccon1)C(C)C2.COc1cc(-c2cc(F)cc(F)c2)c(F)cc1-n1c2c(ccc1=O)CCC(C)C2.O=C1OCCN1S(=O)(=O)Nc1ccoc1. The fraction of sp³-hybridized carbons (Fsp3) is 0.248. The van der Waals surface area contributed by atoms with E-state index in [0.29, 0.717) is 63.6 Å². The van der Waals surface area contributed by atoms with E-state index in [2.05, 4.69) is 47.5 Å². The molecule has 0 bridgehead atoms. The zero-order chi connectivity index (χ0) is 107. The van der Waals surface area contributed by atoms with E-state index in [1.807, 2.05) is 12.1 Å². The first-order valence-electron chi connectivity index (χ1n) is 46.2. The van der Waals surface area contributed by atoms with Crippen molar-refractivity contribution >= 4 is 53.7 Å². The number of amides is 1. The van der Waals surface area contributed by atoms with Gasteiger partial charge in [0.05, 0.1) is 80.2 Å². The summed E-state index contributed by atoms with van der Waals surface area (Å²) in [7, 11) is -6.11. The predicted molar refractivity (Wildman–Crippen MR) is 526 cm³/mol. The molecule has 29 nitrogen and oxygen atoms in total. The van der Waals surface area contributed by atoms with Gasteiger partial charge in [-0.05, 0) is 199 Å². The third-order valence-corrected chi connectivity index (χ3v) is 31.3. The predicted octanol–water partition coefficient (Wildman–Crippen LogP) is 20.1. The number of ether oxygens (including phenoxy) is 5. The van der Waals surface area contributed by atoms with Crippen LogP contribution in [0.1, 0.15) is 110 Å². The van der Waals surface area contributed by atoms with Crippen molar-refractivity contribution in [2.75, 3.05) is 55.8 Å². The number of fused-ring (bicyclic) bond motifs is 4. The highest BCUT2D eigenvalue weighted by molar-refractivity contribution is 7.93. The van der Waals surface area contributed by atoms with Gasteiger partial charge in [-0.2, -0.15) is 12.7 Å². The standard InChI is InChI=1S/2C26H22F3N3O5S.2C23H20F3NO2.C7H8N2O5S/c1-14-18-3-6-26(33)32(21(18)4-5-24(14)38(34,35)31-25-7-8-37-30-25)22-13-20(29)19(12-23(22)36-2)15-9-16(27)11-17(28)10-15;1-14-7-21-15(10-24(14)38(34,35)31-25-5-6-37-30-25)3-4-26(33)32(21)22-13-20(29)19(12-23(22)36-2)16-8-17(27)11-18(28)9-16;1-13-3-4-14-5-6-23(28)27(20(14)7-13)21-12-19(26)18(11-22(21)29-2)15-8-16(24)10-17(25)9-15;1-13-4-3-5-20-17(13)6-7-23(28)27(20)21-12-19(26)18(11-22(21)29-2)14-8-15(24)10-16(25)9-14;10-7-9(2-4-14-7)15(11,12)8-6-1-3-13-5-6/h3,6-14,24H,4-5H2,1-2H3,(H,30,31);3-6,8-9,11-14,24H,7,10H2,1-2H3,(H,30,31);5-6,8-13H,3-4,7H2,1-2H3;6-13H,3-5H2,1-2H3;1,3,5,8H,2,4H2. The van der Waals surface area contributed by atoms with Crippen LogP contribution in [-0.2, 0) is 73.5 Å². The Labute approximate surface area is 843 Å². The number of carbonyl (C=O) groups excluding carboxylic acids is 1. The molecule has 6 atom stereocenters. The molecule has 0 spiro atoms. The van der Waals surface area contributed by atoms with Crippen molar-refractivity contribution in [3.63, 3.8) is 0 Å². The second kappa shape index (κ2) is 44.0. The van der Waals surface area contributed by atoms with Gasteiger partial charge in [0.1, 0.15) is 118 Å². The Hall–Kier alpha value is -15.9. The molecule has 4 aliphatic carbocycles. The monoisotopic (exact) mass is 2120 g/mol. The van der Waals surface area contributed by atoms with Crippen LogP contribution >= 0.6 is 0 Å². The summed E-state index contributed by atoms with van der Waals surface area (Å²) in [6.45, 7) is 7.79. The lowest BCUT2D eigenvalue weighted by Gasteiger charge is -2.32. The van der Waals surface area contributed by atoms with Crippen molar-refractivity contribution in [1.29, 1.82) is 0 Å². The number of methoxy groups -OCH3 is 4. The van der Waals surface area contributed by atoms with Crippen molar-refractivity contribution in [3.8, 4) is 90.3 Å². The quantitative estimate of drug-likeness (QED) is 0.0562. The molecule has 0 saturated carbocycles. The summed E-state index contributed by atoms with van der Waals surface area (Å²) < 4.78 is 299. The first kappa shape index (κ1) is 106. The van der Waals surface area contributed by atoms with Gasteiger partial charge >= 0.3 is 16.3 Å². The number of hydrogen-bond acceptors (Lipinski definition) is 21. The highest BCUT2D eigenvalue weighted by Gasteiger charge is 2.42. The number of cyclic esters (lactones) is 1. The van der Waals surface area contributed by atoms with E-state index >= 15 is 17.6 Å². The van der Waals surface area contributed by atoms with Gasteiger partial charge in [-0.15, -0.1) is 0 Å². The smallest absolute Gasteiger partial charge is 0.425 e. The molecule has 7 aromatic heterocycles. The Morgan fingerprint density at radius 3 is 1.14 bits per heavy atom. The number of anilines is 3. The average molecular weight is 2120 g/mol.